The number of nitrogens with zero attached hydrogens (tertiary/aromatic N) is 4. The van der Waals surface area contributed by atoms with Crippen LogP contribution in [0.5, 0.6) is 0 Å². The van der Waals surface area contributed by atoms with Crippen LogP contribution in [0.3, 0.4) is 0 Å². The van der Waals surface area contributed by atoms with Crippen LogP contribution in [0.4, 0.5) is 4.79 Å². The highest BCUT2D eigenvalue weighted by molar-refractivity contribution is 5.75. The molecule has 0 saturated heterocycles. The second kappa shape index (κ2) is 8.14. The third-order valence-electron chi connectivity index (χ3n) is 4.99. The Kier molecular flexibility index (Phi) is 5.68. The van der Waals surface area contributed by atoms with Gasteiger partial charge in [-0.3, -0.25) is 4.68 Å². The summed E-state index contributed by atoms with van der Waals surface area (Å²) in [4.78, 5) is 18.9. The van der Waals surface area contributed by atoms with Gasteiger partial charge in [0, 0.05) is 12.6 Å². The maximum absolute atomic E-state index is 12.9. The molecule has 1 aliphatic carbocycles. The lowest BCUT2D eigenvalue weighted by Crippen LogP contribution is -2.48. The van der Waals surface area contributed by atoms with Gasteiger partial charge >= 0.3 is 6.03 Å². The van der Waals surface area contributed by atoms with Gasteiger partial charge in [0.25, 0.3) is 0 Å². The van der Waals surface area contributed by atoms with Crippen LogP contribution >= 0.6 is 0 Å². The first-order chi connectivity index (χ1) is 12.1. The standard InChI is InChI=1S/C19H27N5O/c1-15(11-23-14-20-13-21-23)22-19(25)24(12-17-7-6-8-17)16(2)18-9-4-3-5-10-18/h3-5,9-10,13-17H,6-8,11-12H2,1-2H3,(H,22,25)/t15-,16+/m0/s1. The summed E-state index contributed by atoms with van der Waals surface area (Å²) in [7, 11) is 0. The van der Waals surface area contributed by atoms with E-state index < -0.39 is 0 Å². The van der Waals surface area contributed by atoms with Crippen LogP contribution in [-0.4, -0.2) is 38.3 Å². The minimum absolute atomic E-state index is 0.00383. The summed E-state index contributed by atoms with van der Waals surface area (Å²) < 4.78 is 1.74. The van der Waals surface area contributed by atoms with Gasteiger partial charge in [-0.2, -0.15) is 5.10 Å². The first kappa shape index (κ1) is 17.5. The van der Waals surface area contributed by atoms with Crippen molar-refractivity contribution in [3.05, 3.63) is 48.5 Å². The predicted octanol–water partition coefficient (Wildman–Crippen LogP) is 3.24. The van der Waals surface area contributed by atoms with Crippen LogP contribution in [0.25, 0.3) is 0 Å². The molecule has 25 heavy (non-hydrogen) atoms. The number of hydrogen-bond acceptors (Lipinski definition) is 3. The zero-order valence-corrected chi connectivity index (χ0v) is 15.0. The highest BCUT2D eigenvalue weighted by Gasteiger charge is 2.28. The molecule has 0 unspecified atom stereocenters. The Morgan fingerprint density at radius 1 is 1.32 bits per heavy atom. The fourth-order valence-corrected chi connectivity index (χ4v) is 3.23. The number of aromatic nitrogens is 3. The van der Waals surface area contributed by atoms with Crippen LogP contribution in [0, 0.1) is 5.92 Å². The molecule has 0 aliphatic heterocycles. The fraction of sp³-hybridized carbons (Fsp3) is 0.526. The molecule has 3 rings (SSSR count). The Balaban J connectivity index is 1.65. The Hall–Kier alpha value is -2.37. The molecule has 2 amide bonds. The highest BCUT2D eigenvalue weighted by atomic mass is 16.2. The number of amides is 2. The van der Waals surface area contributed by atoms with Crippen LogP contribution < -0.4 is 5.32 Å². The highest BCUT2D eigenvalue weighted by Crippen LogP contribution is 2.30. The number of carbonyl (C=O) groups excluding carboxylic acids is 1. The molecule has 6 heteroatoms. The maximum Gasteiger partial charge on any atom is 0.318 e. The number of benzene rings is 1. The summed E-state index contributed by atoms with van der Waals surface area (Å²) >= 11 is 0. The van der Waals surface area contributed by atoms with Gasteiger partial charge in [-0.15, -0.1) is 0 Å². The van der Waals surface area contributed by atoms with Gasteiger partial charge in [0.1, 0.15) is 12.7 Å². The van der Waals surface area contributed by atoms with Crippen molar-refractivity contribution in [3.63, 3.8) is 0 Å². The molecular weight excluding hydrogens is 314 g/mol. The molecule has 1 N–H and O–H groups in total. The molecule has 1 fully saturated rings. The van der Waals surface area contributed by atoms with E-state index in [9.17, 15) is 4.79 Å². The molecule has 134 valence electrons. The Morgan fingerprint density at radius 3 is 2.68 bits per heavy atom. The van der Waals surface area contributed by atoms with E-state index in [1.54, 1.807) is 11.0 Å². The summed E-state index contributed by atoms with van der Waals surface area (Å²) in [6.07, 6.45) is 6.90. The number of hydrogen-bond donors (Lipinski definition) is 1. The zero-order valence-electron chi connectivity index (χ0n) is 15.0. The average Bonchev–Trinajstić information content (AvgIpc) is 3.06. The van der Waals surface area contributed by atoms with Crippen LogP contribution in [0.15, 0.2) is 43.0 Å². The van der Waals surface area contributed by atoms with Crippen molar-refractivity contribution >= 4 is 6.03 Å². The maximum atomic E-state index is 12.9. The third-order valence-corrected chi connectivity index (χ3v) is 4.99. The van der Waals surface area contributed by atoms with Gasteiger partial charge in [0.2, 0.25) is 0 Å². The van der Waals surface area contributed by atoms with Crippen molar-refractivity contribution in [1.29, 1.82) is 0 Å². The van der Waals surface area contributed by atoms with Gasteiger partial charge in [-0.25, -0.2) is 9.78 Å². The van der Waals surface area contributed by atoms with Crippen LogP contribution in [-0.2, 0) is 6.54 Å². The summed E-state index contributed by atoms with van der Waals surface area (Å²) in [5.41, 5.74) is 1.17. The Bertz CT molecular complexity index is 654. The van der Waals surface area contributed by atoms with Crippen LogP contribution in [0.1, 0.15) is 44.7 Å². The smallest absolute Gasteiger partial charge is 0.318 e. The van der Waals surface area contributed by atoms with Gasteiger partial charge in [0.15, 0.2) is 0 Å². The first-order valence-corrected chi connectivity index (χ1v) is 9.08. The van der Waals surface area contributed by atoms with Crippen molar-refractivity contribution in [3.8, 4) is 0 Å². The van der Waals surface area contributed by atoms with E-state index in [0.717, 1.165) is 6.54 Å². The molecular formula is C19H27N5O. The summed E-state index contributed by atoms with van der Waals surface area (Å²) in [5.74, 6) is 0.627. The fourth-order valence-electron chi connectivity index (χ4n) is 3.23. The molecule has 2 atom stereocenters. The molecule has 1 saturated carbocycles. The second-order valence-electron chi connectivity index (χ2n) is 7.00. The molecule has 1 aromatic carbocycles. The molecule has 1 aliphatic rings. The average molecular weight is 341 g/mol. The second-order valence-corrected chi connectivity index (χ2v) is 7.00. The van der Waals surface area contributed by atoms with Crippen molar-refractivity contribution in [2.75, 3.05) is 6.54 Å². The minimum atomic E-state index is -0.0129. The monoisotopic (exact) mass is 341 g/mol. The zero-order chi connectivity index (χ0) is 17.6. The van der Waals surface area contributed by atoms with Crippen molar-refractivity contribution in [2.45, 2.75) is 51.7 Å². The molecule has 1 aromatic heterocycles. The minimum Gasteiger partial charge on any atom is -0.334 e. The molecule has 0 radical (unpaired) electrons. The Morgan fingerprint density at radius 2 is 2.08 bits per heavy atom. The van der Waals surface area contributed by atoms with Gasteiger partial charge in [-0.1, -0.05) is 36.8 Å². The van der Waals surface area contributed by atoms with E-state index in [1.165, 1.54) is 31.2 Å². The van der Waals surface area contributed by atoms with E-state index in [2.05, 4.69) is 34.5 Å². The molecule has 0 spiro atoms. The van der Waals surface area contributed by atoms with E-state index in [4.69, 9.17) is 0 Å². The first-order valence-electron chi connectivity index (χ1n) is 9.08. The lowest BCUT2D eigenvalue weighted by molar-refractivity contribution is 0.142. The van der Waals surface area contributed by atoms with E-state index in [-0.39, 0.29) is 18.1 Å². The van der Waals surface area contributed by atoms with Crippen molar-refractivity contribution in [2.24, 2.45) is 5.92 Å². The van der Waals surface area contributed by atoms with Gasteiger partial charge in [-0.05, 0) is 38.2 Å². The number of rotatable bonds is 7. The number of nitrogens with one attached hydrogen (secondary N) is 1. The third kappa shape index (κ3) is 4.59. The summed E-state index contributed by atoms with van der Waals surface area (Å²) in [6, 6.07) is 10.3. The quantitative estimate of drug-likeness (QED) is 0.841. The van der Waals surface area contributed by atoms with E-state index in [1.807, 2.05) is 30.0 Å². The predicted molar refractivity (Wildman–Crippen MR) is 96.9 cm³/mol. The SMILES string of the molecule is C[C@H](c1ccccc1)N(CC1CCC1)C(=O)N[C@@H](C)Cn1cncn1. The van der Waals surface area contributed by atoms with Crippen molar-refractivity contribution in [1.82, 2.24) is 25.0 Å². The lowest BCUT2D eigenvalue weighted by atomic mass is 9.84. The van der Waals surface area contributed by atoms with Gasteiger partial charge in [0.05, 0.1) is 12.6 Å². The number of urea groups is 1. The van der Waals surface area contributed by atoms with E-state index >= 15 is 0 Å². The Labute approximate surface area is 149 Å². The summed E-state index contributed by atoms with van der Waals surface area (Å²) in [5, 5.41) is 7.22. The largest absolute Gasteiger partial charge is 0.334 e. The lowest BCUT2D eigenvalue weighted by Gasteiger charge is -2.37. The topological polar surface area (TPSA) is 63.1 Å². The van der Waals surface area contributed by atoms with Crippen molar-refractivity contribution < 1.29 is 4.79 Å². The van der Waals surface area contributed by atoms with E-state index in [0.29, 0.717) is 12.5 Å². The van der Waals surface area contributed by atoms with Gasteiger partial charge < -0.3 is 10.2 Å². The molecule has 0 bridgehead atoms. The normalized spacial score (nSPS) is 16.7. The summed E-state index contributed by atoms with van der Waals surface area (Å²) in [6.45, 7) is 5.53. The number of carbonyl (C=O) groups is 1. The molecule has 2 aromatic rings. The molecule has 1 heterocycles. The molecule has 6 nitrogen and oxygen atoms in total. The van der Waals surface area contributed by atoms with Crippen LogP contribution in [0.2, 0.25) is 0 Å².